The molecule has 0 bridgehead atoms. The van der Waals surface area contributed by atoms with Gasteiger partial charge >= 0.3 is 0 Å². The zero-order valence-corrected chi connectivity index (χ0v) is 9.93. The van der Waals surface area contributed by atoms with Crippen molar-refractivity contribution in [3.63, 3.8) is 0 Å². The lowest BCUT2D eigenvalue weighted by Gasteiger charge is -2.20. The molecule has 0 unspecified atom stereocenters. The molecule has 1 aliphatic rings. The Morgan fingerprint density at radius 3 is 2.44 bits per heavy atom. The van der Waals surface area contributed by atoms with Gasteiger partial charge in [-0.15, -0.1) is 0 Å². The Labute approximate surface area is 98.7 Å². The van der Waals surface area contributed by atoms with Gasteiger partial charge in [-0.3, -0.25) is 0 Å². The highest BCUT2D eigenvalue weighted by molar-refractivity contribution is 6.48. The van der Waals surface area contributed by atoms with Crippen LogP contribution >= 0.6 is 0 Å². The number of anilines is 1. The molecule has 1 nitrogen and oxygen atoms in total. The third kappa shape index (κ3) is 2.78. The molecule has 0 fully saturated rings. The van der Waals surface area contributed by atoms with Crippen LogP contribution in [0, 0.1) is 5.92 Å². The summed E-state index contributed by atoms with van der Waals surface area (Å²) in [5.41, 5.74) is 2.63. The van der Waals surface area contributed by atoms with E-state index in [0.717, 1.165) is 12.3 Å². The van der Waals surface area contributed by atoms with Gasteiger partial charge in [-0.1, -0.05) is 38.0 Å². The largest absolute Gasteiger partial charge is 0.392 e. The van der Waals surface area contributed by atoms with Gasteiger partial charge in [0.1, 0.15) is 0 Å². The van der Waals surface area contributed by atoms with E-state index in [-0.39, 0.29) is 0 Å². The van der Waals surface area contributed by atoms with Gasteiger partial charge in [-0.2, -0.15) is 0 Å². The normalized spacial score (nSPS) is 14.3. The fourth-order valence-electron chi connectivity index (χ4n) is 1.85. The van der Waals surface area contributed by atoms with Crippen LogP contribution in [0.1, 0.15) is 19.4 Å². The van der Waals surface area contributed by atoms with Crippen LogP contribution in [-0.2, 0) is 6.42 Å². The first-order valence-electron chi connectivity index (χ1n) is 5.81. The molecule has 0 aliphatic carbocycles. The van der Waals surface area contributed by atoms with Gasteiger partial charge in [-0.05, 0) is 42.3 Å². The van der Waals surface area contributed by atoms with E-state index in [1.54, 1.807) is 0 Å². The average Bonchev–Trinajstić information content (AvgIpc) is 2.30. The molecule has 1 aromatic carbocycles. The number of rotatable bonds is 3. The molecule has 0 atom stereocenters. The summed E-state index contributed by atoms with van der Waals surface area (Å²) in [7, 11) is 2.07. The van der Waals surface area contributed by atoms with Gasteiger partial charge in [0, 0.05) is 5.69 Å². The topological polar surface area (TPSA) is 3.24 Å². The van der Waals surface area contributed by atoms with Crippen molar-refractivity contribution in [3.8, 4) is 0 Å². The van der Waals surface area contributed by atoms with E-state index in [1.807, 2.05) is 18.1 Å². The molecule has 0 N–H and O–H groups in total. The highest BCUT2D eigenvalue weighted by atomic mass is 15.0. The Morgan fingerprint density at radius 2 is 1.88 bits per heavy atom. The van der Waals surface area contributed by atoms with E-state index >= 15 is 0 Å². The molecule has 0 amide bonds. The van der Waals surface area contributed by atoms with Crippen molar-refractivity contribution in [1.82, 2.24) is 0 Å². The van der Waals surface area contributed by atoms with E-state index in [2.05, 4.69) is 56.5 Å². The van der Waals surface area contributed by atoms with Crippen molar-refractivity contribution in [1.29, 1.82) is 0 Å². The lowest BCUT2D eigenvalue weighted by atomic mass is 9.88. The molecule has 0 saturated carbocycles. The van der Waals surface area contributed by atoms with Crippen molar-refractivity contribution in [2.75, 3.05) is 4.81 Å². The maximum atomic E-state index is 2.25. The standard InChI is InChI=1S/C14H17BN/c1-12(2)11-13-5-7-14(8-6-13)16-10-4-3-9-15-16/h3-10,12H,11H2,1-2H3. The number of benzene rings is 1. The monoisotopic (exact) mass is 210 g/mol. The van der Waals surface area contributed by atoms with Crippen LogP contribution < -0.4 is 4.81 Å². The molecule has 81 valence electrons. The molecule has 2 heteroatoms. The first-order chi connectivity index (χ1) is 7.75. The van der Waals surface area contributed by atoms with Gasteiger partial charge < -0.3 is 4.81 Å². The maximum Gasteiger partial charge on any atom is 0.282 e. The summed E-state index contributed by atoms with van der Waals surface area (Å²) in [4.78, 5) is 2.12. The Balaban J connectivity index is 2.07. The van der Waals surface area contributed by atoms with E-state index in [9.17, 15) is 0 Å². The second-order valence-corrected chi connectivity index (χ2v) is 4.55. The molecule has 0 spiro atoms. The van der Waals surface area contributed by atoms with Gasteiger partial charge in [0.15, 0.2) is 0 Å². The molecule has 1 aromatic rings. The van der Waals surface area contributed by atoms with E-state index in [0.29, 0.717) is 0 Å². The summed E-state index contributed by atoms with van der Waals surface area (Å²) in [5, 5.41) is 0. The molecule has 16 heavy (non-hydrogen) atoms. The fourth-order valence-corrected chi connectivity index (χ4v) is 1.85. The predicted octanol–water partition coefficient (Wildman–Crippen LogP) is 3.35. The van der Waals surface area contributed by atoms with Crippen molar-refractivity contribution in [3.05, 3.63) is 54.2 Å². The summed E-state index contributed by atoms with van der Waals surface area (Å²) < 4.78 is 0. The molecule has 0 aromatic heterocycles. The third-order valence-corrected chi connectivity index (χ3v) is 2.59. The molecule has 1 heterocycles. The molecule has 0 saturated heterocycles. The first-order valence-corrected chi connectivity index (χ1v) is 5.81. The van der Waals surface area contributed by atoms with Crippen molar-refractivity contribution in [2.45, 2.75) is 20.3 Å². The van der Waals surface area contributed by atoms with Gasteiger partial charge in [0.05, 0.1) is 0 Å². The summed E-state index contributed by atoms with van der Waals surface area (Å²) in [6.45, 7) is 4.50. The Bertz CT molecular complexity index is 390. The molecular weight excluding hydrogens is 193 g/mol. The minimum absolute atomic E-state index is 0.718. The summed E-state index contributed by atoms with van der Waals surface area (Å²) in [6, 6.07) is 8.79. The number of nitrogens with zero attached hydrogens (tertiary/aromatic N) is 1. The van der Waals surface area contributed by atoms with Gasteiger partial charge in [-0.25, -0.2) is 0 Å². The second-order valence-electron chi connectivity index (χ2n) is 4.55. The minimum Gasteiger partial charge on any atom is -0.392 e. The Kier molecular flexibility index (Phi) is 3.50. The van der Waals surface area contributed by atoms with Crippen molar-refractivity contribution < 1.29 is 0 Å². The van der Waals surface area contributed by atoms with Gasteiger partial charge in [0.25, 0.3) is 7.41 Å². The smallest absolute Gasteiger partial charge is 0.282 e. The zero-order chi connectivity index (χ0) is 11.4. The van der Waals surface area contributed by atoms with Crippen LogP contribution in [0.5, 0.6) is 0 Å². The molecule has 2 rings (SSSR count). The Hall–Kier alpha value is -1.44. The Morgan fingerprint density at radius 1 is 1.12 bits per heavy atom. The van der Waals surface area contributed by atoms with E-state index in [1.165, 1.54) is 11.3 Å². The number of hydrogen-bond acceptors (Lipinski definition) is 1. The lowest BCUT2D eigenvalue weighted by Crippen LogP contribution is -2.21. The zero-order valence-electron chi connectivity index (χ0n) is 9.93. The quantitative estimate of drug-likeness (QED) is 0.691. The number of allylic oxidation sites excluding steroid dienone is 2. The molecular formula is C14H17BN. The van der Waals surface area contributed by atoms with Crippen LogP contribution in [0.3, 0.4) is 0 Å². The van der Waals surface area contributed by atoms with E-state index in [4.69, 9.17) is 0 Å². The summed E-state index contributed by atoms with van der Waals surface area (Å²) in [5.74, 6) is 2.76. The SMILES string of the molecule is CC(C)Cc1ccc(N2[B]C=CC=C2)cc1. The maximum absolute atomic E-state index is 2.25. The predicted molar refractivity (Wildman–Crippen MR) is 71.5 cm³/mol. The average molecular weight is 210 g/mol. The third-order valence-electron chi connectivity index (χ3n) is 2.59. The van der Waals surface area contributed by atoms with Crippen molar-refractivity contribution >= 4 is 13.1 Å². The van der Waals surface area contributed by atoms with Gasteiger partial charge in [0.2, 0.25) is 0 Å². The fraction of sp³-hybridized carbons (Fsp3) is 0.286. The van der Waals surface area contributed by atoms with Crippen LogP contribution in [0.2, 0.25) is 0 Å². The first kappa shape index (κ1) is 11.1. The van der Waals surface area contributed by atoms with Crippen LogP contribution in [0.15, 0.2) is 48.6 Å². The van der Waals surface area contributed by atoms with Crippen LogP contribution in [-0.4, -0.2) is 7.41 Å². The highest BCUT2D eigenvalue weighted by Crippen LogP contribution is 2.18. The van der Waals surface area contributed by atoms with Crippen LogP contribution in [0.4, 0.5) is 5.69 Å². The highest BCUT2D eigenvalue weighted by Gasteiger charge is 2.05. The minimum atomic E-state index is 0.718. The second kappa shape index (κ2) is 5.06. The van der Waals surface area contributed by atoms with Crippen LogP contribution in [0.25, 0.3) is 0 Å². The molecule has 1 radical (unpaired) electrons. The number of hydrogen-bond donors (Lipinski definition) is 0. The lowest BCUT2D eigenvalue weighted by molar-refractivity contribution is 0.647. The van der Waals surface area contributed by atoms with E-state index < -0.39 is 0 Å². The summed E-state index contributed by atoms with van der Waals surface area (Å²) in [6.07, 6.45) is 7.29. The molecule has 1 aliphatic heterocycles. The van der Waals surface area contributed by atoms with Crippen molar-refractivity contribution in [2.24, 2.45) is 5.92 Å². The summed E-state index contributed by atoms with van der Waals surface area (Å²) >= 11 is 0.